The number of hydrogen-bond donors (Lipinski definition) is 1. The Morgan fingerprint density at radius 3 is 2.77 bits per heavy atom. The number of carbonyl (C=O) groups excluding carboxylic acids is 1. The van der Waals surface area contributed by atoms with E-state index in [0.29, 0.717) is 21.1 Å². The fourth-order valence-corrected chi connectivity index (χ4v) is 3.76. The number of pyridine rings is 1. The van der Waals surface area contributed by atoms with Gasteiger partial charge >= 0.3 is 5.63 Å². The smallest absolute Gasteiger partial charge is 0.349 e. The van der Waals surface area contributed by atoms with Gasteiger partial charge in [-0.2, -0.15) is 0 Å². The van der Waals surface area contributed by atoms with Gasteiger partial charge < -0.3 is 14.1 Å². The molecule has 5 rings (SSSR count). The number of fused-ring (bicyclic) bond motifs is 2. The Bertz CT molecular complexity index is 1450. The number of hydrogen-bond acceptors (Lipinski definition) is 4. The fraction of sp³-hybridized carbons (Fsp3) is 0. The van der Waals surface area contributed by atoms with Crippen LogP contribution in [0.15, 0.2) is 92.8 Å². The monoisotopic (exact) mass is 459 g/mol. The summed E-state index contributed by atoms with van der Waals surface area (Å²) in [5, 5.41) is 3.44. The van der Waals surface area contributed by atoms with Gasteiger partial charge in [-0.1, -0.05) is 30.3 Å². The molecular weight excluding hydrogens is 446 g/mol. The number of nitrogens with zero attached hydrogens (tertiary/aromatic N) is 2. The second-order valence-corrected chi connectivity index (χ2v) is 7.59. The van der Waals surface area contributed by atoms with Crippen LogP contribution in [0.5, 0.6) is 0 Å². The third-order valence-electron chi connectivity index (χ3n) is 4.74. The van der Waals surface area contributed by atoms with Crippen LogP contribution in [0.1, 0.15) is 10.4 Å². The minimum absolute atomic E-state index is 0.0567. The van der Waals surface area contributed by atoms with E-state index in [-0.39, 0.29) is 5.56 Å². The zero-order valence-electron chi connectivity index (χ0n) is 15.5. The number of imidazole rings is 1. The summed E-state index contributed by atoms with van der Waals surface area (Å²) in [6, 6.07) is 20.0. The van der Waals surface area contributed by atoms with Crippen molar-refractivity contribution in [3.05, 3.63) is 99.6 Å². The molecule has 3 aromatic heterocycles. The van der Waals surface area contributed by atoms with Crippen molar-refractivity contribution in [3.63, 3.8) is 0 Å². The van der Waals surface area contributed by atoms with Crippen LogP contribution in [0.2, 0.25) is 0 Å². The molecule has 0 aliphatic carbocycles. The highest BCUT2D eigenvalue weighted by molar-refractivity contribution is 9.10. The molecule has 7 heteroatoms. The van der Waals surface area contributed by atoms with Crippen LogP contribution in [0.25, 0.3) is 27.9 Å². The van der Waals surface area contributed by atoms with E-state index in [2.05, 4.69) is 26.2 Å². The van der Waals surface area contributed by atoms with Gasteiger partial charge in [0.2, 0.25) is 0 Å². The van der Waals surface area contributed by atoms with E-state index in [1.54, 1.807) is 18.2 Å². The number of amides is 1. The predicted octanol–water partition coefficient (Wildman–Crippen LogP) is 5.12. The first kappa shape index (κ1) is 18.3. The summed E-state index contributed by atoms with van der Waals surface area (Å²) in [6.45, 7) is 0. The number of para-hydroxylation sites is 1. The summed E-state index contributed by atoms with van der Waals surface area (Å²) < 4.78 is 7.92. The molecule has 0 atom stereocenters. The van der Waals surface area contributed by atoms with Gasteiger partial charge in [-0.3, -0.25) is 4.79 Å². The normalized spacial score (nSPS) is 11.1. The molecule has 1 amide bonds. The van der Waals surface area contributed by atoms with Gasteiger partial charge in [0.05, 0.1) is 10.2 Å². The molecule has 0 radical (unpaired) electrons. The number of nitrogens with one attached hydrogen (secondary N) is 1. The zero-order chi connectivity index (χ0) is 20.7. The Labute approximate surface area is 178 Å². The van der Waals surface area contributed by atoms with E-state index in [4.69, 9.17) is 4.42 Å². The molecule has 0 fully saturated rings. The van der Waals surface area contributed by atoms with Crippen LogP contribution >= 0.6 is 15.9 Å². The lowest BCUT2D eigenvalue weighted by atomic mass is 10.1. The van der Waals surface area contributed by atoms with E-state index in [9.17, 15) is 9.59 Å². The van der Waals surface area contributed by atoms with Gasteiger partial charge in [0, 0.05) is 29.0 Å². The van der Waals surface area contributed by atoms with Crippen LogP contribution in [0.3, 0.4) is 0 Å². The summed E-state index contributed by atoms with van der Waals surface area (Å²) in [5.74, 6) is -0.530. The Morgan fingerprint density at radius 2 is 1.90 bits per heavy atom. The molecule has 0 aliphatic rings. The average Bonchev–Trinajstić information content (AvgIpc) is 3.19. The molecule has 0 saturated carbocycles. The van der Waals surface area contributed by atoms with Crippen molar-refractivity contribution in [3.8, 4) is 11.3 Å². The van der Waals surface area contributed by atoms with Gasteiger partial charge in [-0.05, 0) is 52.3 Å². The molecule has 146 valence electrons. The number of aromatic nitrogens is 2. The molecule has 1 N–H and O–H groups in total. The standard InChI is InChI=1S/C23H14BrN3O3/c24-18-8-4-6-15-12-17(23(29)30-21(15)18)22(28)25-16-7-3-5-14(11-16)19-13-27-10-2-1-9-20(27)26-19/h1-13H,(H,25,28). The first-order valence-electron chi connectivity index (χ1n) is 9.16. The van der Waals surface area contributed by atoms with E-state index in [1.165, 1.54) is 6.07 Å². The van der Waals surface area contributed by atoms with E-state index < -0.39 is 11.5 Å². The summed E-state index contributed by atoms with van der Waals surface area (Å²) in [7, 11) is 0. The zero-order valence-corrected chi connectivity index (χ0v) is 17.1. The second-order valence-electron chi connectivity index (χ2n) is 6.73. The Hall–Kier alpha value is -3.71. The number of anilines is 1. The lowest BCUT2D eigenvalue weighted by Crippen LogP contribution is -2.20. The van der Waals surface area contributed by atoms with Crippen molar-refractivity contribution in [1.29, 1.82) is 0 Å². The van der Waals surface area contributed by atoms with Crippen LogP contribution in [-0.2, 0) is 0 Å². The van der Waals surface area contributed by atoms with Crippen molar-refractivity contribution < 1.29 is 9.21 Å². The van der Waals surface area contributed by atoms with E-state index >= 15 is 0 Å². The maximum atomic E-state index is 12.7. The first-order chi connectivity index (χ1) is 14.6. The molecule has 0 unspecified atom stereocenters. The van der Waals surface area contributed by atoms with Gasteiger partial charge in [-0.15, -0.1) is 0 Å². The third kappa shape index (κ3) is 3.29. The minimum atomic E-state index is -0.691. The highest BCUT2D eigenvalue weighted by Gasteiger charge is 2.15. The second kappa shape index (κ2) is 7.27. The highest BCUT2D eigenvalue weighted by Crippen LogP contribution is 2.25. The maximum absolute atomic E-state index is 12.7. The Kier molecular flexibility index (Phi) is 4.44. The van der Waals surface area contributed by atoms with Crippen LogP contribution in [0.4, 0.5) is 5.69 Å². The summed E-state index contributed by atoms with van der Waals surface area (Å²) in [4.78, 5) is 29.7. The highest BCUT2D eigenvalue weighted by atomic mass is 79.9. The lowest BCUT2D eigenvalue weighted by molar-refractivity contribution is 0.102. The third-order valence-corrected chi connectivity index (χ3v) is 5.36. The summed E-state index contributed by atoms with van der Waals surface area (Å²) in [6.07, 6.45) is 3.85. The minimum Gasteiger partial charge on any atom is -0.421 e. The molecular formula is C23H14BrN3O3. The fourth-order valence-electron chi connectivity index (χ4n) is 3.30. The molecule has 0 bridgehead atoms. The molecule has 2 aromatic carbocycles. The van der Waals surface area contributed by atoms with Gasteiger partial charge in [0.25, 0.3) is 5.91 Å². The molecule has 0 spiro atoms. The largest absolute Gasteiger partial charge is 0.421 e. The van der Waals surface area contributed by atoms with Crippen LogP contribution < -0.4 is 10.9 Å². The quantitative estimate of drug-likeness (QED) is 0.379. The number of benzene rings is 2. The predicted molar refractivity (Wildman–Crippen MR) is 119 cm³/mol. The van der Waals surface area contributed by atoms with Crippen molar-refractivity contribution >= 4 is 44.1 Å². The lowest BCUT2D eigenvalue weighted by Gasteiger charge is -2.07. The molecule has 5 aromatic rings. The number of carbonyl (C=O) groups is 1. The van der Waals surface area contributed by atoms with E-state index in [0.717, 1.165) is 16.9 Å². The summed E-state index contributed by atoms with van der Waals surface area (Å²) >= 11 is 3.35. The van der Waals surface area contributed by atoms with Crippen molar-refractivity contribution in [2.45, 2.75) is 0 Å². The molecule has 3 heterocycles. The molecule has 30 heavy (non-hydrogen) atoms. The van der Waals surface area contributed by atoms with E-state index in [1.807, 2.05) is 59.3 Å². The number of rotatable bonds is 3. The van der Waals surface area contributed by atoms with Gasteiger partial charge in [0.15, 0.2) is 5.58 Å². The molecule has 6 nitrogen and oxygen atoms in total. The Balaban J connectivity index is 1.47. The van der Waals surface area contributed by atoms with Crippen molar-refractivity contribution in [1.82, 2.24) is 9.38 Å². The first-order valence-corrected chi connectivity index (χ1v) is 9.96. The van der Waals surface area contributed by atoms with Crippen molar-refractivity contribution in [2.24, 2.45) is 0 Å². The van der Waals surface area contributed by atoms with Gasteiger partial charge in [0.1, 0.15) is 11.2 Å². The van der Waals surface area contributed by atoms with Crippen LogP contribution in [-0.4, -0.2) is 15.3 Å². The number of halogens is 1. The Morgan fingerprint density at radius 1 is 1.03 bits per heavy atom. The summed E-state index contributed by atoms with van der Waals surface area (Å²) in [5.41, 5.74) is 2.69. The maximum Gasteiger partial charge on any atom is 0.349 e. The van der Waals surface area contributed by atoms with Crippen molar-refractivity contribution in [2.75, 3.05) is 5.32 Å². The average molecular weight is 460 g/mol. The van der Waals surface area contributed by atoms with Gasteiger partial charge in [-0.25, -0.2) is 9.78 Å². The molecule has 0 saturated heterocycles. The van der Waals surface area contributed by atoms with Crippen LogP contribution in [0, 0.1) is 0 Å². The SMILES string of the molecule is O=C(Nc1cccc(-c2cn3ccccc3n2)c1)c1cc2cccc(Br)c2oc1=O. The topological polar surface area (TPSA) is 76.6 Å². The molecule has 0 aliphatic heterocycles.